The molecule has 1 aromatic heterocycles. The Morgan fingerprint density at radius 2 is 1.90 bits per heavy atom. The van der Waals surface area contributed by atoms with Crippen molar-refractivity contribution in [1.29, 1.82) is 0 Å². The highest BCUT2D eigenvalue weighted by atomic mass is 32.1. The van der Waals surface area contributed by atoms with Crippen LogP contribution in [0.2, 0.25) is 0 Å². The highest BCUT2D eigenvalue weighted by molar-refractivity contribution is 7.10. The maximum absolute atomic E-state index is 3.77. The molecule has 0 amide bonds. The van der Waals surface area contributed by atoms with Gasteiger partial charge in [0.15, 0.2) is 0 Å². The second-order valence-corrected chi connectivity index (χ2v) is 6.66. The first-order valence-electron chi connectivity index (χ1n) is 8.02. The Kier molecular flexibility index (Phi) is 4.81. The van der Waals surface area contributed by atoms with E-state index < -0.39 is 0 Å². The van der Waals surface area contributed by atoms with Gasteiger partial charge in [0, 0.05) is 18.0 Å². The standard InChI is InChI=1S/C18H24N2S/c1-2-15(18-11-8-14-21-18)19-16-9-4-5-10-17(16)20-12-6-3-7-13-20/h4-5,8-11,14-15,19H,2-3,6-7,12-13H2,1H3. The summed E-state index contributed by atoms with van der Waals surface area (Å²) in [6, 6.07) is 13.6. The van der Waals surface area contributed by atoms with E-state index in [1.54, 1.807) is 0 Å². The Hall–Kier alpha value is -1.48. The number of nitrogens with zero attached hydrogens (tertiary/aromatic N) is 1. The summed E-state index contributed by atoms with van der Waals surface area (Å²) in [6.45, 7) is 4.63. The third kappa shape index (κ3) is 3.41. The first kappa shape index (κ1) is 14.5. The summed E-state index contributed by atoms with van der Waals surface area (Å²) in [5, 5.41) is 5.93. The third-order valence-electron chi connectivity index (χ3n) is 4.23. The number of benzene rings is 1. The van der Waals surface area contributed by atoms with Gasteiger partial charge in [0.2, 0.25) is 0 Å². The Morgan fingerprint density at radius 3 is 2.62 bits per heavy atom. The van der Waals surface area contributed by atoms with Gasteiger partial charge < -0.3 is 10.2 Å². The number of para-hydroxylation sites is 2. The van der Waals surface area contributed by atoms with E-state index in [2.05, 4.69) is 58.9 Å². The van der Waals surface area contributed by atoms with Crippen LogP contribution in [0, 0.1) is 0 Å². The van der Waals surface area contributed by atoms with E-state index in [-0.39, 0.29) is 0 Å². The second kappa shape index (κ2) is 6.99. The largest absolute Gasteiger partial charge is 0.376 e. The van der Waals surface area contributed by atoms with Gasteiger partial charge in [-0.15, -0.1) is 11.3 Å². The molecule has 112 valence electrons. The van der Waals surface area contributed by atoms with Crippen molar-refractivity contribution in [1.82, 2.24) is 0 Å². The smallest absolute Gasteiger partial charge is 0.0604 e. The molecule has 1 unspecified atom stereocenters. The highest BCUT2D eigenvalue weighted by Gasteiger charge is 2.17. The summed E-state index contributed by atoms with van der Waals surface area (Å²) >= 11 is 1.84. The molecule has 1 N–H and O–H groups in total. The van der Waals surface area contributed by atoms with Crippen molar-refractivity contribution >= 4 is 22.7 Å². The van der Waals surface area contributed by atoms with E-state index in [4.69, 9.17) is 0 Å². The van der Waals surface area contributed by atoms with Crippen LogP contribution in [0.4, 0.5) is 11.4 Å². The van der Waals surface area contributed by atoms with Crippen molar-refractivity contribution in [3.63, 3.8) is 0 Å². The fourth-order valence-corrected chi connectivity index (χ4v) is 3.92. The van der Waals surface area contributed by atoms with E-state index in [0.717, 1.165) is 6.42 Å². The molecule has 0 spiro atoms. The van der Waals surface area contributed by atoms with E-state index in [9.17, 15) is 0 Å². The van der Waals surface area contributed by atoms with Crippen LogP contribution in [0.25, 0.3) is 0 Å². The summed E-state index contributed by atoms with van der Waals surface area (Å²) in [4.78, 5) is 3.96. The van der Waals surface area contributed by atoms with Gasteiger partial charge in [-0.2, -0.15) is 0 Å². The predicted molar refractivity (Wildman–Crippen MR) is 93.5 cm³/mol. The Balaban J connectivity index is 1.81. The molecule has 1 aliphatic rings. The summed E-state index contributed by atoms with van der Waals surface area (Å²) < 4.78 is 0. The lowest BCUT2D eigenvalue weighted by atomic mass is 10.1. The molecule has 2 heterocycles. The van der Waals surface area contributed by atoms with E-state index in [1.165, 1.54) is 48.6 Å². The van der Waals surface area contributed by atoms with Gasteiger partial charge in [0.1, 0.15) is 0 Å². The van der Waals surface area contributed by atoms with Crippen LogP contribution < -0.4 is 10.2 Å². The van der Waals surface area contributed by atoms with Gasteiger partial charge >= 0.3 is 0 Å². The minimum atomic E-state index is 0.413. The van der Waals surface area contributed by atoms with Gasteiger partial charge in [-0.05, 0) is 49.3 Å². The van der Waals surface area contributed by atoms with Crippen LogP contribution in [0.15, 0.2) is 41.8 Å². The Bertz CT molecular complexity index is 544. The molecule has 3 heteroatoms. The van der Waals surface area contributed by atoms with Crippen LogP contribution in [0.3, 0.4) is 0 Å². The molecule has 0 bridgehead atoms. The molecule has 1 fully saturated rings. The zero-order chi connectivity index (χ0) is 14.5. The minimum Gasteiger partial charge on any atom is -0.376 e. The van der Waals surface area contributed by atoms with Crippen molar-refractivity contribution in [3.8, 4) is 0 Å². The number of anilines is 2. The fourth-order valence-electron chi connectivity index (χ4n) is 3.06. The molecule has 3 rings (SSSR count). The molecular weight excluding hydrogens is 276 g/mol. The van der Waals surface area contributed by atoms with Crippen LogP contribution in [0.5, 0.6) is 0 Å². The van der Waals surface area contributed by atoms with E-state index in [0.29, 0.717) is 6.04 Å². The second-order valence-electron chi connectivity index (χ2n) is 5.69. The lowest BCUT2D eigenvalue weighted by Crippen LogP contribution is -2.30. The zero-order valence-electron chi connectivity index (χ0n) is 12.7. The van der Waals surface area contributed by atoms with Crippen molar-refractivity contribution < 1.29 is 0 Å². The number of hydrogen-bond acceptors (Lipinski definition) is 3. The maximum atomic E-state index is 3.77. The summed E-state index contributed by atoms with van der Waals surface area (Å²) in [5.74, 6) is 0. The molecule has 21 heavy (non-hydrogen) atoms. The first-order chi connectivity index (χ1) is 10.4. The van der Waals surface area contributed by atoms with Gasteiger partial charge in [-0.25, -0.2) is 0 Å². The van der Waals surface area contributed by atoms with Crippen LogP contribution in [0.1, 0.15) is 43.5 Å². The SMILES string of the molecule is CCC(Nc1ccccc1N1CCCCC1)c1cccs1. The Labute approximate surface area is 131 Å². The zero-order valence-corrected chi connectivity index (χ0v) is 13.5. The summed E-state index contributed by atoms with van der Waals surface area (Å²) in [6.07, 6.45) is 5.11. The van der Waals surface area contributed by atoms with Crippen molar-refractivity contribution in [2.24, 2.45) is 0 Å². The highest BCUT2D eigenvalue weighted by Crippen LogP contribution is 2.33. The number of piperidine rings is 1. The maximum Gasteiger partial charge on any atom is 0.0604 e. The van der Waals surface area contributed by atoms with E-state index >= 15 is 0 Å². The molecule has 2 nitrogen and oxygen atoms in total. The topological polar surface area (TPSA) is 15.3 Å². The molecule has 1 saturated heterocycles. The molecule has 0 saturated carbocycles. The minimum absolute atomic E-state index is 0.413. The molecule has 0 radical (unpaired) electrons. The average molecular weight is 300 g/mol. The summed E-state index contributed by atoms with van der Waals surface area (Å²) in [7, 11) is 0. The molecule has 1 aliphatic heterocycles. The molecule has 0 aliphatic carbocycles. The molecular formula is C18H24N2S. The molecule has 1 aromatic carbocycles. The van der Waals surface area contributed by atoms with Crippen LogP contribution >= 0.6 is 11.3 Å². The fraction of sp³-hybridized carbons (Fsp3) is 0.444. The van der Waals surface area contributed by atoms with E-state index in [1.807, 2.05) is 11.3 Å². The summed E-state index contributed by atoms with van der Waals surface area (Å²) in [5.41, 5.74) is 2.65. The lowest BCUT2D eigenvalue weighted by molar-refractivity contribution is 0.578. The predicted octanol–water partition coefficient (Wildman–Crippen LogP) is 5.30. The lowest BCUT2D eigenvalue weighted by Gasteiger charge is -2.31. The van der Waals surface area contributed by atoms with Gasteiger partial charge in [-0.3, -0.25) is 0 Å². The number of thiophene rings is 1. The normalized spacial score (nSPS) is 16.7. The average Bonchev–Trinajstić information content (AvgIpc) is 3.08. The first-order valence-corrected chi connectivity index (χ1v) is 8.90. The third-order valence-corrected chi connectivity index (χ3v) is 5.21. The van der Waals surface area contributed by atoms with Crippen LogP contribution in [-0.2, 0) is 0 Å². The number of nitrogens with one attached hydrogen (secondary N) is 1. The molecule has 1 atom stereocenters. The van der Waals surface area contributed by atoms with Crippen LogP contribution in [-0.4, -0.2) is 13.1 Å². The van der Waals surface area contributed by atoms with Gasteiger partial charge in [0.25, 0.3) is 0 Å². The van der Waals surface area contributed by atoms with Crippen molar-refractivity contribution in [2.75, 3.05) is 23.3 Å². The quantitative estimate of drug-likeness (QED) is 0.806. The monoisotopic (exact) mass is 300 g/mol. The van der Waals surface area contributed by atoms with Crippen molar-refractivity contribution in [3.05, 3.63) is 46.7 Å². The van der Waals surface area contributed by atoms with Crippen molar-refractivity contribution in [2.45, 2.75) is 38.6 Å². The number of rotatable bonds is 5. The molecule has 2 aromatic rings. The Morgan fingerprint density at radius 1 is 1.10 bits per heavy atom. The number of hydrogen-bond donors (Lipinski definition) is 1. The van der Waals surface area contributed by atoms with Gasteiger partial charge in [-0.1, -0.05) is 25.1 Å². The van der Waals surface area contributed by atoms with Gasteiger partial charge in [0.05, 0.1) is 17.4 Å².